The van der Waals surface area contributed by atoms with Crippen LogP contribution in [0.5, 0.6) is 0 Å². The van der Waals surface area contributed by atoms with E-state index in [0.29, 0.717) is 10.4 Å². The van der Waals surface area contributed by atoms with Gasteiger partial charge in [0.25, 0.3) is 5.91 Å². The molecule has 2 aromatic rings. The summed E-state index contributed by atoms with van der Waals surface area (Å²) in [6.07, 6.45) is 2.46. The van der Waals surface area contributed by atoms with E-state index in [2.05, 4.69) is 0 Å². The van der Waals surface area contributed by atoms with Crippen LogP contribution < -0.4 is 4.90 Å². The quantitative estimate of drug-likeness (QED) is 0.879. The molecular weight excluding hydrogens is 274 g/mol. The second-order valence-electron chi connectivity index (χ2n) is 4.08. The van der Waals surface area contributed by atoms with Gasteiger partial charge < -0.3 is 10.0 Å². The van der Waals surface area contributed by atoms with Crippen LogP contribution in [0, 0.1) is 0 Å². The van der Waals surface area contributed by atoms with E-state index in [1.54, 1.807) is 23.4 Å². The Morgan fingerprint density at radius 2 is 1.90 bits per heavy atom. The van der Waals surface area contributed by atoms with Crippen molar-refractivity contribution in [3.63, 3.8) is 0 Å². The molecular formula is C15H13NO3S. The monoisotopic (exact) mass is 287 g/mol. The molecule has 0 bridgehead atoms. The Kier molecular flexibility index (Phi) is 4.32. The number of para-hydroxylation sites is 1. The largest absolute Gasteiger partial charge is 0.478 e. The van der Waals surface area contributed by atoms with E-state index in [1.165, 1.54) is 17.4 Å². The third kappa shape index (κ3) is 3.13. The van der Waals surface area contributed by atoms with Crippen LogP contribution >= 0.6 is 11.3 Å². The molecule has 0 aliphatic carbocycles. The van der Waals surface area contributed by atoms with E-state index in [-0.39, 0.29) is 5.91 Å². The third-order valence-electron chi connectivity index (χ3n) is 2.74. The number of thiophene rings is 1. The summed E-state index contributed by atoms with van der Waals surface area (Å²) in [5, 5.41) is 10.4. The number of hydrogen-bond donors (Lipinski definition) is 1. The fourth-order valence-corrected chi connectivity index (χ4v) is 2.57. The number of aliphatic carboxylic acids is 1. The summed E-state index contributed by atoms with van der Waals surface area (Å²) >= 11 is 1.30. The first-order chi connectivity index (χ1) is 9.59. The summed E-state index contributed by atoms with van der Waals surface area (Å²) in [6.45, 7) is 0. The first kappa shape index (κ1) is 14.0. The smallest absolute Gasteiger partial charge is 0.328 e. The van der Waals surface area contributed by atoms with E-state index < -0.39 is 5.97 Å². The zero-order valence-electron chi connectivity index (χ0n) is 10.8. The van der Waals surface area contributed by atoms with Crippen LogP contribution in [0.4, 0.5) is 5.69 Å². The summed E-state index contributed by atoms with van der Waals surface area (Å²) < 4.78 is 0. The summed E-state index contributed by atoms with van der Waals surface area (Å²) in [7, 11) is 1.70. The lowest BCUT2D eigenvalue weighted by molar-refractivity contribution is -0.131. The fraction of sp³-hybridized carbons (Fsp3) is 0.0667. The number of nitrogens with zero attached hydrogens (tertiary/aromatic N) is 1. The molecule has 102 valence electrons. The third-order valence-corrected chi connectivity index (χ3v) is 3.66. The Labute approximate surface area is 120 Å². The predicted octanol–water partition coefficient (Wildman–Crippen LogP) is 3.12. The zero-order valence-corrected chi connectivity index (χ0v) is 11.6. The number of carbonyl (C=O) groups excluding carboxylic acids is 1. The second-order valence-corrected chi connectivity index (χ2v) is 4.99. The predicted molar refractivity (Wildman–Crippen MR) is 80.2 cm³/mol. The molecule has 5 heteroatoms. The van der Waals surface area contributed by atoms with Gasteiger partial charge in [-0.15, -0.1) is 11.3 Å². The fourth-order valence-electron chi connectivity index (χ4n) is 1.71. The first-order valence-corrected chi connectivity index (χ1v) is 6.79. The molecule has 4 nitrogen and oxygen atoms in total. The van der Waals surface area contributed by atoms with Gasteiger partial charge in [-0.2, -0.15) is 0 Å². The molecule has 20 heavy (non-hydrogen) atoms. The van der Waals surface area contributed by atoms with E-state index in [0.717, 1.165) is 11.8 Å². The molecule has 2 rings (SSSR count). The number of carboxylic acids is 1. The Morgan fingerprint density at radius 1 is 1.20 bits per heavy atom. The van der Waals surface area contributed by atoms with Crippen LogP contribution in [0.3, 0.4) is 0 Å². The van der Waals surface area contributed by atoms with Crippen LogP contribution in [0.15, 0.2) is 47.9 Å². The van der Waals surface area contributed by atoms with Crippen molar-refractivity contribution in [3.05, 3.63) is 58.3 Å². The minimum Gasteiger partial charge on any atom is -0.478 e. The van der Waals surface area contributed by atoms with Crippen LogP contribution in [-0.2, 0) is 4.79 Å². The molecule has 0 spiro atoms. The van der Waals surface area contributed by atoms with Gasteiger partial charge in [0, 0.05) is 18.8 Å². The maximum Gasteiger partial charge on any atom is 0.328 e. The second kappa shape index (κ2) is 6.16. The van der Waals surface area contributed by atoms with Gasteiger partial charge >= 0.3 is 5.97 Å². The Hall–Kier alpha value is -2.40. The average molecular weight is 287 g/mol. The van der Waals surface area contributed by atoms with Crippen LogP contribution in [0.2, 0.25) is 0 Å². The van der Waals surface area contributed by atoms with Crippen LogP contribution in [0.1, 0.15) is 15.2 Å². The van der Waals surface area contributed by atoms with Crippen molar-refractivity contribution in [2.45, 2.75) is 0 Å². The summed E-state index contributed by atoms with van der Waals surface area (Å²) in [5.41, 5.74) is 1.41. The minimum absolute atomic E-state index is 0.156. The van der Waals surface area contributed by atoms with Crippen LogP contribution in [0.25, 0.3) is 6.08 Å². The van der Waals surface area contributed by atoms with Crippen molar-refractivity contribution < 1.29 is 14.7 Å². The van der Waals surface area contributed by atoms with Crippen molar-refractivity contribution in [1.29, 1.82) is 0 Å². The van der Waals surface area contributed by atoms with E-state index in [4.69, 9.17) is 5.11 Å². The van der Waals surface area contributed by atoms with Gasteiger partial charge in [-0.05, 0) is 35.2 Å². The van der Waals surface area contributed by atoms with Crippen molar-refractivity contribution in [1.82, 2.24) is 0 Å². The molecule has 1 N–H and O–H groups in total. The number of amides is 1. The maximum absolute atomic E-state index is 12.4. The molecule has 0 saturated carbocycles. The van der Waals surface area contributed by atoms with E-state index in [1.807, 2.05) is 30.3 Å². The minimum atomic E-state index is -1.04. The zero-order chi connectivity index (χ0) is 14.5. The lowest BCUT2D eigenvalue weighted by atomic mass is 10.2. The van der Waals surface area contributed by atoms with E-state index >= 15 is 0 Å². The molecule has 0 unspecified atom stereocenters. The molecule has 1 amide bonds. The normalized spacial score (nSPS) is 10.7. The van der Waals surface area contributed by atoms with Crippen molar-refractivity contribution in [3.8, 4) is 0 Å². The number of anilines is 1. The molecule has 1 aromatic carbocycles. The summed E-state index contributed by atoms with van der Waals surface area (Å²) in [6, 6.07) is 11.0. The van der Waals surface area contributed by atoms with Crippen LogP contribution in [-0.4, -0.2) is 24.0 Å². The molecule has 0 aliphatic rings. The number of benzene rings is 1. The molecule has 0 saturated heterocycles. The highest BCUT2D eigenvalue weighted by molar-refractivity contribution is 7.12. The SMILES string of the molecule is CN(C(=O)c1sccc1C=CC(=O)O)c1ccccc1. The van der Waals surface area contributed by atoms with Gasteiger partial charge in [-0.1, -0.05) is 18.2 Å². The van der Waals surface area contributed by atoms with E-state index in [9.17, 15) is 9.59 Å². The van der Waals surface area contributed by atoms with Crippen molar-refractivity contribution >= 4 is 35.0 Å². The van der Waals surface area contributed by atoms with Crippen molar-refractivity contribution in [2.24, 2.45) is 0 Å². The highest BCUT2D eigenvalue weighted by Crippen LogP contribution is 2.22. The van der Waals surface area contributed by atoms with Crippen molar-refractivity contribution in [2.75, 3.05) is 11.9 Å². The molecule has 0 fully saturated rings. The number of hydrogen-bond acceptors (Lipinski definition) is 3. The molecule has 0 atom stereocenters. The number of rotatable bonds is 4. The number of carboxylic acid groups (broad SMARTS) is 1. The van der Waals surface area contributed by atoms with Gasteiger partial charge in [0.05, 0.1) is 4.88 Å². The standard InChI is InChI=1S/C15H13NO3S/c1-16(12-5-3-2-4-6-12)15(19)14-11(9-10-20-14)7-8-13(17)18/h2-10H,1H3,(H,17,18). The lowest BCUT2D eigenvalue weighted by Gasteiger charge is -2.16. The average Bonchev–Trinajstić information content (AvgIpc) is 2.93. The summed E-state index contributed by atoms with van der Waals surface area (Å²) in [5.74, 6) is -1.19. The van der Waals surface area contributed by atoms with Gasteiger partial charge in [-0.3, -0.25) is 4.79 Å². The highest BCUT2D eigenvalue weighted by Gasteiger charge is 2.17. The Balaban J connectivity index is 2.26. The molecule has 0 aliphatic heterocycles. The van der Waals surface area contributed by atoms with Gasteiger partial charge in [0.2, 0.25) is 0 Å². The molecule has 0 radical (unpaired) electrons. The van der Waals surface area contributed by atoms with Gasteiger partial charge in [-0.25, -0.2) is 4.79 Å². The molecule has 1 aromatic heterocycles. The topological polar surface area (TPSA) is 57.6 Å². The lowest BCUT2D eigenvalue weighted by Crippen LogP contribution is -2.25. The Morgan fingerprint density at radius 3 is 2.55 bits per heavy atom. The number of carbonyl (C=O) groups is 2. The summed E-state index contributed by atoms with van der Waals surface area (Å²) in [4.78, 5) is 25.0. The molecule has 1 heterocycles. The van der Waals surface area contributed by atoms with Gasteiger partial charge in [0.15, 0.2) is 0 Å². The highest BCUT2D eigenvalue weighted by atomic mass is 32.1. The maximum atomic E-state index is 12.4. The van der Waals surface area contributed by atoms with Gasteiger partial charge in [0.1, 0.15) is 0 Å². The first-order valence-electron chi connectivity index (χ1n) is 5.91. The Bertz CT molecular complexity index is 646.